The number of aliphatic hydroxyl groups is 1. The summed E-state index contributed by atoms with van der Waals surface area (Å²) in [5.41, 5.74) is 0. The van der Waals surface area contributed by atoms with Gasteiger partial charge in [0.2, 0.25) is 0 Å². The largest absolute Gasteiger partial charge is 0.396 e. The zero-order valence-corrected chi connectivity index (χ0v) is 10.7. The van der Waals surface area contributed by atoms with Crippen LogP contribution in [0.1, 0.15) is 45.4 Å². The zero-order valence-electron chi connectivity index (χ0n) is 10.7. The Balaban J connectivity index is 2.18. The Morgan fingerprint density at radius 1 is 1.31 bits per heavy atom. The summed E-state index contributed by atoms with van der Waals surface area (Å²) in [5, 5.41) is 16.1. The van der Waals surface area contributed by atoms with Gasteiger partial charge in [0.15, 0.2) is 0 Å². The van der Waals surface area contributed by atoms with Crippen LogP contribution in [0.2, 0.25) is 0 Å². The van der Waals surface area contributed by atoms with Crippen LogP contribution in [0.25, 0.3) is 0 Å². The molecule has 0 saturated carbocycles. The average Bonchev–Trinajstić information content (AvgIpc) is 2.55. The minimum absolute atomic E-state index is 0.332. The van der Waals surface area contributed by atoms with Crippen LogP contribution < -0.4 is 10.6 Å². The van der Waals surface area contributed by atoms with Gasteiger partial charge in [0.05, 0.1) is 0 Å². The third kappa shape index (κ3) is 5.83. The van der Waals surface area contributed by atoms with Crippen LogP contribution in [0.4, 0.5) is 0 Å². The van der Waals surface area contributed by atoms with E-state index in [0.29, 0.717) is 18.6 Å². The van der Waals surface area contributed by atoms with Crippen molar-refractivity contribution >= 4 is 0 Å². The standard InChI is InChI=1S/C13H28N2O/c1-2-4-12(7-10-16)11-15-13-5-3-8-14-9-6-13/h12-16H,2-11H2,1H3. The summed E-state index contributed by atoms with van der Waals surface area (Å²) in [7, 11) is 0. The Morgan fingerprint density at radius 3 is 2.94 bits per heavy atom. The Hall–Kier alpha value is -0.120. The summed E-state index contributed by atoms with van der Waals surface area (Å²) in [6.07, 6.45) is 7.24. The van der Waals surface area contributed by atoms with E-state index in [9.17, 15) is 0 Å². The molecule has 3 N–H and O–H groups in total. The van der Waals surface area contributed by atoms with Gasteiger partial charge in [-0.2, -0.15) is 0 Å². The van der Waals surface area contributed by atoms with Crippen molar-refractivity contribution < 1.29 is 5.11 Å². The lowest BCUT2D eigenvalue weighted by atomic mass is 9.99. The molecule has 0 bridgehead atoms. The lowest BCUT2D eigenvalue weighted by Crippen LogP contribution is -2.34. The molecule has 0 aromatic carbocycles. The highest BCUT2D eigenvalue weighted by Gasteiger charge is 2.13. The van der Waals surface area contributed by atoms with Gasteiger partial charge in [-0.05, 0) is 57.7 Å². The van der Waals surface area contributed by atoms with Gasteiger partial charge in [0.25, 0.3) is 0 Å². The van der Waals surface area contributed by atoms with Gasteiger partial charge < -0.3 is 15.7 Å². The molecule has 1 saturated heterocycles. The fourth-order valence-corrected chi connectivity index (χ4v) is 2.50. The molecular weight excluding hydrogens is 200 g/mol. The van der Waals surface area contributed by atoms with E-state index in [1.54, 1.807) is 0 Å². The van der Waals surface area contributed by atoms with Crippen LogP contribution in [0.3, 0.4) is 0 Å². The molecule has 16 heavy (non-hydrogen) atoms. The molecule has 0 aliphatic carbocycles. The molecule has 0 aromatic heterocycles. The van der Waals surface area contributed by atoms with E-state index >= 15 is 0 Å². The summed E-state index contributed by atoms with van der Waals surface area (Å²) >= 11 is 0. The van der Waals surface area contributed by atoms with Gasteiger partial charge in [0, 0.05) is 12.6 Å². The topological polar surface area (TPSA) is 44.3 Å². The first-order valence-corrected chi connectivity index (χ1v) is 6.91. The average molecular weight is 228 g/mol. The van der Waals surface area contributed by atoms with Crippen LogP contribution in [0.15, 0.2) is 0 Å². The van der Waals surface area contributed by atoms with Crippen molar-refractivity contribution in [3.05, 3.63) is 0 Å². The van der Waals surface area contributed by atoms with E-state index < -0.39 is 0 Å². The van der Waals surface area contributed by atoms with Crippen LogP contribution in [0.5, 0.6) is 0 Å². The third-order valence-corrected chi connectivity index (χ3v) is 3.51. The molecule has 2 unspecified atom stereocenters. The number of hydrogen-bond donors (Lipinski definition) is 3. The molecule has 1 aliphatic heterocycles. The van der Waals surface area contributed by atoms with E-state index in [2.05, 4.69) is 17.6 Å². The minimum Gasteiger partial charge on any atom is -0.396 e. The fraction of sp³-hybridized carbons (Fsp3) is 1.00. The summed E-state index contributed by atoms with van der Waals surface area (Å²) < 4.78 is 0. The number of aliphatic hydroxyl groups excluding tert-OH is 1. The summed E-state index contributed by atoms with van der Waals surface area (Å²) in [6, 6.07) is 0.688. The van der Waals surface area contributed by atoms with Crippen molar-refractivity contribution in [1.29, 1.82) is 0 Å². The third-order valence-electron chi connectivity index (χ3n) is 3.51. The van der Waals surface area contributed by atoms with Crippen molar-refractivity contribution in [3.63, 3.8) is 0 Å². The summed E-state index contributed by atoms with van der Waals surface area (Å²) in [6.45, 7) is 5.96. The molecule has 1 rings (SSSR count). The minimum atomic E-state index is 0.332. The molecule has 1 aliphatic rings. The first-order valence-electron chi connectivity index (χ1n) is 6.91. The molecular formula is C13H28N2O. The first kappa shape index (κ1) is 13.9. The molecule has 0 radical (unpaired) electrons. The Morgan fingerprint density at radius 2 is 2.19 bits per heavy atom. The van der Waals surface area contributed by atoms with Crippen LogP contribution in [0, 0.1) is 5.92 Å². The summed E-state index contributed by atoms with van der Waals surface area (Å²) in [4.78, 5) is 0. The highest BCUT2D eigenvalue weighted by atomic mass is 16.3. The normalized spacial score (nSPS) is 24.0. The quantitative estimate of drug-likeness (QED) is 0.619. The Labute approximate surface area is 100 Å². The predicted molar refractivity (Wildman–Crippen MR) is 68.6 cm³/mol. The number of nitrogens with one attached hydrogen (secondary N) is 2. The van der Waals surface area contributed by atoms with Crippen molar-refractivity contribution in [2.24, 2.45) is 5.92 Å². The molecule has 96 valence electrons. The van der Waals surface area contributed by atoms with E-state index in [1.165, 1.54) is 38.6 Å². The van der Waals surface area contributed by atoms with Crippen molar-refractivity contribution in [2.45, 2.75) is 51.5 Å². The fourth-order valence-electron chi connectivity index (χ4n) is 2.50. The second-order valence-corrected chi connectivity index (χ2v) is 4.95. The van der Waals surface area contributed by atoms with E-state index in [-0.39, 0.29) is 0 Å². The molecule has 3 nitrogen and oxygen atoms in total. The summed E-state index contributed by atoms with van der Waals surface area (Å²) in [5.74, 6) is 0.659. The number of rotatable bonds is 7. The monoisotopic (exact) mass is 228 g/mol. The molecule has 2 atom stereocenters. The highest BCUT2D eigenvalue weighted by Crippen LogP contribution is 2.11. The van der Waals surface area contributed by atoms with Gasteiger partial charge in [0.1, 0.15) is 0 Å². The van der Waals surface area contributed by atoms with Gasteiger partial charge >= 0.3 is 0 Å². The van der Waals surface area contributed by atoms with Crippen molar-refractivity contribution in [1.82, 2.24) is 10.6 Å². The number of hydrogen-bond acceptors (Lipinski definition) is 3. The van der Waals surface area contributed by atoms with Gasteiger partial charge in [-0.3, -0.25) is 0 Å². The van der Waals surface area contributed by atoms with Gasteiger partial charge in [-0.15, -0.1) is 0 Å². The molecule has 1 fully saturated rings. The highest BCUT2D eigenvalue weighted by molar-refractivity contribution is 4.74. The lowest BCUT2D eigenvalue weighted by Gasteiger charge is -2.21. The molecule has 0 spiro atoms. The van der Waals surface area contributed by atoms with E-state index in [1.807, 2.05) is 0 Å². The predicted octanol–water partition coefficient (Wildman–Crippen LogP) is 1.52. The van der Waals surface area contributed by atoms with Gasteiger partial charge in [-0.1, -0.05) is 13.3 Å². The Bertz CT molecular complexity index is 148. The lowest BCUT2D eigenvalue weighted by molar-refractivity contribution is 0.244. The van der Waals surface area contributed by atoms with Crippen LogP contribution in [-0.2, 0) is 0 Å². The van der Waals surface area contributed by atoms with Crippen LogP contribution >= 0.6 is 0 Å². The van der Waals surface area contributed by atoms with E-state index in [4.69, 9.17) is 5.11 Å². The maximum Gasteiger partial charge on any atom is 0.0434 e. The maximum atomic E-state index is 9.01. The molecule has 0 aromatic rings. The second kappa shape index (κ2) is 8.97. The van der Waals surface area contributed by atoms with Crippen LogP contribution in [-0.4, -0.2) is 37.4 Å². The second-order valence-electron chi connectivity index (χ2n) is 4.95. The van der Waals surface area contributed by atoms with Crippen molar-refractivity contribution in [3.8, 4) is 0 Å². The maximum absolute atomic E-state index is 9.01. The molecule has 3 heteroatoms. The van der Waals surface area contributed by atoms with Crippen molar-refractivity contribution in [2.75, 3.05) is 26.2 Å². The zero-order chi connectivity index (χ0) is 11.6. The SMILES string of the molecule is CCCC(CCO)CNC1CCCNCC1. The van der Waals surface area contributed by atoms with Gasteiger partial charge in [-0.25, -0.2) is 0 Å². The molecule has 0 amide bonds. The first-order chi connectivity index (χ1) is 7.86. The molecule has 1 heterocycles. The van der Waals surface area contributed by atoms with E-state index in [0.717, 1.165) is 19.5 Å². The smallest absolute Gasteiger partial charge is 0.0434 e. The Kier molecular flexibility index (Phi) is 7.81.